The standard InChI is InChI=1S/C14H9Cl2N7O2/c15-11-8(3-1-5-17-11)21-13-10(23(24)25)14(20-7-19-13)22-9-4-2-6-18-12(9)16/h1-7H,(H2,19,20,21,22). The Labute approximate surface area is 151 Å². The minimum absolute atomic E-state index is 0.0441. The number of hydrogen-bond acceptors (Lipinski definition) is 8. The highest BCUT2D eigenvalue weighted by molar-refractivity contribution is 6.32. The van der Waals surface area contributed by atoms with E-state index in [1.165, 1.54) is 18.7 Å². The molecule has 0 bridgehead atoms. The quantitative estimate of drug-likeness (QED) is 0.389. The van der Waals surface area contributed by atoms with Gasteiger partial charge in [0.1, 0.15) is 6.33 Å². The Bertz CT molecular complexity index is 873. The molecule has 0 saturated carbocycles. The van der Waals surface area contributed by atoms with Crippen LogP contribution in [0.5, 0.6) is 0 Å². The van der Waals surface area contributed by atoms with Crippen molar-refractivity contribution in [3.63, 3.8) is 0 Å². The molecule has 0 spiro atoms. The summed E-state index contributed by atoms with van der Waals surface area (Å²) in [6.07, 6.45) is 4.17. The minimum atomic E-state index is -0.612. The van der Waals surface area contributed by atoms with Crippen LogP contribution in [-0.4, -0.2) is 24.9 Å². The molecule has 2 N–H and O–H groups in total. The molecule has 0 aliphatic heterocycles. The Kier molecular flexibility index (Phi) is 4.87. The molecule has 0 aliphatic carbocycles. The van der Waals surface area contributed by atoms with Crippen LogP contribution >= 0.6 is 23.2 Å². The van der Waals surface area contributed by atoms with Gasteiger partial charge in [-0.1, -0.05) is 23.2 Å². The molecule has 126 valence electrons. The molecule has 0 atom stereocenters. The van der Waals surface area contributed by atoms with Crippen LogP contribution in [0.3, 0.4) is 0 Å². The minimum Gasteiger partial charge on any atom is -0.332 e. The number of rotatable bonds is 5. The molecular formula is C14H9Cl2N7O2. The molecule has 3 aromatic heterocycles. The van der Waals surface area contributed by atoms with Crippen molar-refractivity contribution < 1.29 is 4.92 Å². The molecular weight excluding hydrogens is 369 g/mol. The van der Waals surface area contributed by atoms with E-state index in [4.69, 9.17) is 23.2 Å². The van der Waals surface area contributed by atoms with Gasteiger partial charge >= 0.3 is 5.69 Å². The summed E-state index contributed by atoms with van der Waals surface area (Å²) < 4.78 is 0. The van der Waals surface area contributed by atoms with Gasteiger partial charge in [0, 0.05) is 12.4 Å². The van der Waals surface area contributed by atoms with Gasteiger partial charge in [-0.3, -0.25) is 10.1 Å². The molecule has 0 radical (unpaired) electrons. The second kappa shape index (κ2) is 7.24. The highest BCUT2D eigenvalue weighted by atomic mass is 35.5. The van der Waals surface area contributed by atoms with Crippen molar-refractivity contribution >= 4 is 51.9 Å². The Balaban J connectivity index is 2.02. The van der Waals surface area contributed by atoms with Crippen molar-refractivity contribution in [1.82, 2.24) is 19.9 Å². The van der Waals surface area contributed by atoms with Gasteiger partial charge in [-0.15, -0.1) is 0 Å². The van der Waals surface area contributed by atoms with Crippen molar-refractivity contribution in [2.45, 2.75) is 0 Å². The zero-order valence-corrected chi connectivity index (χ0v) is 13.9. The van der Waals surface area contributed by atoms with Crippen LogP contribution < -0.4 is 10.6 Å². The molecule has 3 heterocycles. The van der Waals surface area contributed by atoms with Gasteiger partial charge in [-0.2, -0.15) is 0 Å². The summed E-state index contributed by atoms with van der Waals surface area (Å²) in [5.74, 6) is -0.0881. The normalized spacial score (nSPS) is 10.3. The molecule has 25 heavy (non-hydrogen) atoms. The average Bonchev–Trinajstić information content (AvgIpc) is 2.59. The van der Waals surface area contributed by atoms with E-state index in [0.717, 1.165) is 0 Å². The predicted octanol–water partition coefficient (Wildman–Crippen LogP) is 3.97. The summed E-state index contributed by atoms with van der Waals surface area (Å²) in [5.41, 5.74) is 0.370. The van der Waals surface area contributed by atoms with E-state index < -0.39 is 4.92 Å². The smallest absolute Gasteiger partial charge is 0.332 e. The van der Waals surface area contributed by atoms with Crippen LogP contribution in [0.4, 0.5) is 28.7 Å². The molecule has 11 heteroatoms. The van der Waals surface area contributed by atoms with Gasteiger partial charge in [-0.25, -0.2) is 19.9 Å². The van der Waals surface area contributed by atoms with Crippen LogP contribution in [-0.2, 0) is 0 Å². The summed E-state index contributed by atoms with van der Waals surface area (Å²) in [5, 5.41) is 17.4. The van der Waals surface area contributed by atoms with Crippen LogP contribution in [0.2, 0.25) is 10.3 Å². The zero-order valence-electron chi connectivity index (χ0n) is 12.3. The largest absolute Gasteiger partial charge is 0.353 e. The average molecular weight is 378 g/mol. The van der Waals surface area contributed by atoms with Crippen LogP contribution in [0, 0.1) is 10.1 Å². The van der Waals surface area contributed by atoms with Crippen molar-refractivity contribution in [3.05, 3.63) is 63.4 Å². The van der Waals surface area contributed by atoms with Gasteiger partial charge in [0.05, 0.1) is 16.3 Å². The van der Waals surface area contributed by atoms with Gasteiger partial charge in [0.2, 0.25) is 11.6 Å². The maximum Gasteiger partial charge on any atom is 0.353 e. The second-order valence-corrected chi connectivity index (χ2v) is 5.33. The summed E-state index contributed by atoms with van der Waals surface area (Å²) in [6, 6.07) is 6.50. The van der Waals surface area contributed by atoms with Crippen molar-refractivity contribution in [1.29, 1.82) is 0 Å². The lowest BCUT2D eigenvalue weighted by Gasteiger charge is -2.11. The van der Waals surface area contributed by atoms with Crippen LogP contribution in [0.15, 0.2) is 43.0 Å². The number of nitrogens with one attached hydrogen (secondary N) is 2. The third-order valence-electron chi connectivity index (χ3n) is 3.03. The number of hydrogen-bond donors (Lipinski definition) is 2. The molecule has 0 amide bonds. The van der Waals surface area contributed by atoms with Crippen LogP contribution in [0.1, 0.15) is 0 Å². The van der Waals surface area contributed by atoms with E-state index in [1.807, 2.05) is 0 Å². The number of nitrogens with zero attached hydrogens (tertiary/aromatic N) is 5. The number of halogens is 2. The van der Waals surface area contributed by atoms with E-state index >= 15 is 0 Å². The first kappa shape index (κ1) is 16.8. The maximum absolute atomic E-state index is 11.5. The van der Waals surface area contributed by atoms with Gasteiger partial charge in [-0.05, 0) is 24.3 Å². The first-order valence-corrected chi connectivity index (χ1v) is 7.56. The molecule has 3 rings (SSSR count). The van der Waals surface area contributed by atoms with Crippen molar-refractivity contribution in [2.75, 3.05) is 10.6 Å². The van der Waals surface area contributed by atoms with E-state index in [9.17, 15) is 10.1 Å². The van der Waals surface area contributed by atoms with Crippen molar-refractivity contribution in [3.8, 4) is 0 Å². The topological polar surface area (TPSA) is 119 Å². The number of aromatic nitrogens is 4. The fraction of sp³-hybridized carbons (Fsp3) is 0. The van der Waals surface area contributed by atoms with Crippen molar-refractivity contribution in [2.24, 2.45) is 0 Å². The van der Waals surface area contributed by atoms with Gasteiger partial charge in [0.25, 0.3) is 0 Å². The Morgan fingerprint density at radius 2 is 1.36 bits per heavy atom. The molecule has 0 aliphatic rings. The number of anilines is 4. The van der Waals surface area contributed by atoms with E-state index in [0.29, 0.717) is 11.4 Å². The number of nitro groups is 1. The molecule has 9 nitrogen and oxygen atoms in total. The predicted molar refractivity (Wildman–Crippen MR) is 93.7 cm³/mol. The fourth-order valence-corrected chi connectivity index (χ4v) is 2.28. The second-order valence-electron chi connectivity index (χ2n) is 4.61. The number of pyridine rings is 2. The van der Waals surface area contributed by atoms with Gasteiger partial charge < -0.3 is 10.6 Å². The molecule has 0 aromatic carbocycles. The molecule has 0 unspecified atom stereocenters. The van der Waals surface area contributed by atoms with Crippen LogP contribution in [0.25, 0.3) is 0 Å². The van der Waals surface area contributed by atoms with E-state index in [2.05, 4.69) is 30.6 Å². The lowest BCUT2D eigenvalue weighted by atomic mass is 10.3. The Morgan fingerprint density at radius 1 is 0.880 bits per heavy atom. The van der Waals surface area contributed by atoms with E-state index in [1.54, 1.807) is 24.3 Å². The van der Waals surface area contributed by atoms with Gasteiger partial charge in [0.15, 0.2) is 10.3 Å². The summed E-state index contributed by atoms with van der Waals surface area (Å²) in [7, 11) is 0. The lowest BCUT2D eigenvalue weighted by molar-refractivity contribution is -0.383. The molecule has 0 saturated heterocycles. The lowest BCUT2D eigenvalue weighted by Crippen LogP contribution is -2.06. The molecule has 3 aromatic rings. The fourth-order valence-electron chi connectivity index (χ4n) is 1.95. The highest BCUT2D eigenvalue weighted by Gasteiger charge is 2.24. The first-order valence-electron chi connectivity index (χ1n) is 6.80. The third-order valence-corrected chi connectivity index (χ3v) is 3.63. The summed E-state index contributed by atoms with van der Waals surface area (Å²) in [4.78, 5) is 26.6. The Morgan fingerprint density at radius 3 is 1.76 bits per heavy atom. The van der Waals surface area contributed by atoms with E-state index in [-0.39, 0.29) is 27.6 Å². The molecule has 0 fully saturated rings. The highest BCUT2D eigenvalue weighted by Crippen LogP contribution is 2.35. The maximum atomic E-state index is 11.5. The zero-order chi connectivity index (χ0) is 17.8. The monoisotopic (exact) mass is 377 g/mol. The first-order chi connectivity index (χ1) is 12.1. The Hall–Kier alpha value is -3.04. The summed E-state index contributed by atoms with van der Waals surface area (Å²) >= 11 is 11.9. The third kappa shape index (κ3) is 3.73. The SMILES string of the molecule is O=[N+]([O-])c1c(Nc2cccnc2Cl)ncnc1Nc1cccnc1Cl. The summed E-state index contributed by atoms with van der Waals surface area (Å²) in [6.45, 7) is 0.